The summed E-state index contributed by atoms with van der Waals surface area (Å²) in [6.45, 7) is 3.13. The van der Waals surface area contributed by atoms with Gasteiger partial charge in [-0.1, -0.05) is 102 Å². The van der Waals surface area contributed by atoms with Gasteiger partial charge in [-0.25, -0.2) is 8.42 Å². The summed E-state index contributed by atoms with van der Waals surface area (Å²) < 4.78 is 29.7. The summed E-state index contributed by atoms with van der Waals surface area (Å²) in [7, 11) is -4.24. The Morgan fingerprint density at radius 1 is 0.830 bits per heavy atom. The molecule has 1 fully saturated rings. The number of sulfonamides is 1. The largest absolute Gasteiger partial charge is 0.352 e. The van der Waals surface area contributed by atoms with Crippen LogP contribution < -0.4 is 9.62 Å². The maximum absolute atomic E-state index is 14.7. The maximum Gasteiger partial charge on any atom is 0.264 e. The van der Waals surface area contributed by atoms with Crippen LogP contribution in [0.4, 0.5) is 5.69 Å². The fraction of sp³-hybridized carbons (Fsp3) is 0.297. The van der Waals surface area contributed by atoms with Crippen molar-refractivity contribution in [2.45, 2.75) is 69.5 Å². The standard InChI is InChI=1S/C37H39Cl2N3O4S/c1-26-15-19-33(20-16-26)47(45,46)42(34-23-31(39)18-17-27(34)2)25-36(43)41(24-29-11-8-12-30(38)21-29)35(22-28-9-4-3-5-10-28)37(44)40-32-13-6-7-14-32/h3-5,8-12,15-21,23,32,35H,6-7,13-14,22,24-25H2,1-2H3,(H,40,44). The van der Waals surface area contributed by atoms with Crippen molar-refractivity contribution in [1.29, 1.82) is 0 Å². The number of anilines is 1. The van der Waals surface area contributed by atoms with Gasteiger partial charge in [0.05, 0.1) is 10.6 Å². The topological polar surface area (TPSA) is 86.8 Å². The molecular formula is C37H39Cl2N3O4S. The highest BCUT2D eigenvalue weighted by molar-refractivity contribution is 7.92. The van der Waals surface area contributed by atoms with Crippen molar-refractivity contribution < 1.29 is 18.0 Å². The van der Waals surface area contributed by atoms with E-state index in [1.807, 2.05) is 43.3 Å². The molecule has 1 aliphatic rings. The first-order chi connectivity index (χ1) is 22.5. The van der Waals surface area contributed by atoms with E-state index in [-0.39, 0.29) is 35.5 Å². The van der Waals surface area contributed by atoms with Crippen molar-refractivity contribution in [1.82, 2.24) is 10.2 Å². The van der Waals surface area contributed by atoms with Gasteiger partial charge in [-0.2, -0.15) is 0 Å². The zero-order valence-electron chi connectivity index (χ0n) is 26.5. The number of nitrogens with one attached hydrogen (secondary N) is 1. The van der Waals surface area contributed by atoms with Crippen LogP contribution in [-0.4, -0.2) is 43.8 Å². The third-order valence-corrected chi connectivity index (χ3v) is 10.8. The van der Waals surface area contributed by atoms with Crippen LogP contribution in [0.5, 0.6) is 0 Å². The number of carbonyl (C=O) groups excluding carboxylic acids is 2. The van der Waals surface area contributed by atoms with Crippen LogP contribution in [0.3, 0.4) is 0 Å². The molecule has 1 N–H and O–H groups in total. The lowest BCUT2D eigenvalue weighted by atomic mass is 10.0. The van der Waals surface area contributed by atoms with E-state index in [2.05, 4.69) is 5.32 Å². The van der Waals surface area contributed by atoms with E-state index in [9.17, 15) is 18.0 Å². The Morgan fingerprint density at radius 3 is 2.17 bits per heavy atom. The number of nitrogens with zero attached hydrogens (tertiary/aromatic N) is 2. The predicted octanol–water partition coefficient (Wildman–Crippen LogP) is 7.50. The van der Waals surface area contributed by atoms with Gasteiger partial charge < -0.3 is 10.2 Å². The first-order valence-electron chi connectivity index (χ1n) is 15.7. The molecule has 1 saturated carbocycles. The number of carbonyl (C=O) groups is 2. The Bertz CT molecular complexity index is 1810. The third kappa shape index (κ3) is 8.74. The summed E-state index contributed by atoms with van der Waals surface area (Å²) in [5.41, 5.74) is 3.39. The van der Waals surface area contributed by atoms with Crippen molar-refractivity contribution in [2.24, 2.45) is 0 Å². The summed E-state index contributed by atoms with van der Waals surface area (Å²) in [6.07, 6.45) is 4.06. The van der Waals surface area contributed by atoms with Gasteiger partial charge in [-0.05, 0) is 79.8 Å². The molecule has 246 valence electrons. The molecule has 0 aliphatic heterocycles. The highest BCUT2D eigenvalue weighted by atomic mass is 35.5. The van der Waals surface area contributed by atoms with Crippen LogP contribution >= 0.6 is 23.2 Å². The van der Waals surface area contributed by atoms with Crippen LogP contribution in [0.1, 0.15) is 47.9 Å². The van der Waals surface area contributed by atoms with Crippen molar-refractivity contribution >= 4 is 50.7 Å². The minimum Gasteiger partial charge on any atom is -0.352 e. The fourth-order valence-electron chi connectivity index (χ4n) is 5.96. The van der Waals surface area contributed by atoms with Crippen LogP contribution in [0, 0.1) is 13.8 Å². The summed E-state index contributed by atoms with van der Waals surface area (Å²) in [5.74, 6) is -0.814. The lowest BCUT2D eigenvalue weighted by Crippen LogP contribution is -2.54. The quantitative estimate of drug-likeness (QED) is 0.167. The average molecular weight is 693 g/mol. The molecule has 1 atom stereocenters. The molecule has 0 aromatic heterocycles. The van der Waals surface area contributed by atoms with Gasteiger partial charge in [0.25, 0.3) is 10.0 Å². The van der Waals surface area contributed by atoms with E-state index in [0.717, 1.165) is 41.1 Å². The first-order valence-corrected chi connectivity index (χ1v) is 17.9. The maximum atomic E-state index is 14.7. The number of halogens is 2. The molecule has 0 spiro atoms. The second-order valence-corrected chi connectivity index (χ2v) is 14.8. The van der Waals surface area contributed by atoms with E-state index < -0.39 is 28.5 Å². The number of rotatable bonds is 12. The van der Waals surface area contributed by atoms with Gasteiger partial charge in [0.15, 0.2) is 0 Å². The number of benzene rings is 4. The van der Waals surface area contributed by atoms with Crippen LogP contribution in [-0.2, 0) is 32.6 Å². The monoisotopic (exact) mass is 691 g/mol. The highest BCUT2D eigenvalue weighted by Crippen LogP contribution is 2.30. The van der Waals surface area contributed by atoms with Gasteiger partial charge in [-0.3, -0.25) is 13.9 Å². The van der Waals surface area contributed by atoms with Crippen LogP contribution in [0.25, 0.3) is 0 Å². The van der Waals surface area contributed by atoms with E-state index in [0.29, 0.717) is 21.2 Å². The van der Waals surface area contributed by atoms with Gasteiger partial charge >= 0.3 is 0 Å². The molecule has 10 heteroatoms. The predicted molar refractivity (Wildman–Crippen MR) is 188 cm³/mol. The molecular weight excluding hydrogens is 653 g/mol. The molecule has 47 heavy (non-hydrogen) atoms. The number of hydrogen-bond acceptors (Lipinski definition) is 4. The lowest BCUT2D eigenvalue weighted by Gasteiger charge is -2.34. The SMILES string of the molecule is Cc1ccc(S(=O)(=O)N(CC(=O)N(Cc2cccc(Cl)c2)C(Cc2ccccc2)C(=O)NC2CCCC2)c2cc(Cl)ccc2C)cc1. The Hall–Kier alpha value is -3.85. The third-order valence-electron chi connectivity index (χ3n) is 8.54. The van der Waals surface area contributed by atoms with Crippen LogP contribution in [0.15, 0.2) is 102 Å². The van der Waals surface area contributed by atoms with Crippen molar-refractivity contribution in [2.75, 3.05) is 10.8 Å². The minimum absolute atomic E-state index is 0.0245. The van der Waals surface area contributed by atoms with Gasteiger partial charge in [0.1, 0.15) is 12.6 Å². The highest BCUT2D eigenvalue weighted by Gasteiger charge is 2.36. The molecule has 4 aromatic rings. The van der Waals surface area contributed by atoms with E-state index in [1.54, 1.807) is 55.5 Å². The molecule has 7 nitrogen and oxygen atoms in total. The van der Waals surface area contributed by atoms with Gasteiger partial charge in [0, 0.05) is 29.1 Å². The number of aryl methyl sites for hydroxylation is 2. The summed E-state index contributed by atoms with van der Waals surface area (Å²) in [4.78, 5) is 30.3. The average Bonchev–Trinajstić information content (AvgIpc) is 3.56. The summed E-state index contributed by atoms with van der Waals surface area (Å²) >= 11 is 12.7. The molecule has 4 aromatic carbocycles. The Balaban J connectivity index is 1.59. The summed E-state index contributed by atoms with van der Waals surface area (Å²) in [5, 5.41) is 4.00. The zero-order valence-corrected chi connectivity index (χ0v) is 28.9. The van der Waals surface area contributed by atoms with Gasteiger partial charge in [-0.15, -0.1) is 0 Å². The Labute approximate surface area is 287 Å². The molecule has 1 aliphatic carbocycles. The van der Waals surface area contributed by atoms with E-state index in [4.69, 9.17) is 23.2 Å². The fourth-order valence-corrected chi connectivity index (χ4v) is 7.81. The second kappa shape index (κ2) is 15.4. The molecule has 0 heterocycles. The zero-order chi connectivity index (χ0) is 33.6. The molecule has 0 radical (unpaired) electrons. The summed E-state index contributed by atoms with van der Waals surface area (Å²) in [6, 6.07) is 27.1. The van der Waals surface area contributed by atoms with Crippen molar-refractivity contribution in [3.05, 3.63) is 129 Å². The number of hydrogen-bond donors (Lipinski definition) is 1. The molecule has 0 saturated heterocycles. The van der Waals surface area contributed by atoms with Gasteiger partial charge in [0.2, 0.25) is 11.8 Å². The van der Waals surface area contributed by atoms with E-state index >= 15 is 0 Å². The van der Waals surface area contributed by atoms with Crippen molar-refractivity contribution in [3.8, 4) is 0 Å². The second-order valence-electron chi connectivity index (χ2n) is 12.1. The minimum atomic E-state index is -4.24. The Kier molecular flexibility index (Phi) is 11.3. The molecule has 1 unspecified atom stereocenters. The van der Waals surface area contributed by atoms with Crippen molar-refractivity contribution in [3.63, 3.8) is 0 Å². The smallest absolute Gasteiger partial charge is 0.264 e. The normalized spacial score (nSPS) is 14.0. The van der Waals surface area contributed by atoms with Crippen LogP contribution in [0.2, 0.25) is 10.0 Å². The van der Waals surface area contributed by atoms with E-state index in [1.165, 1.54) is 17.0 Å². The molecule has 5 rings (SSSR count). The Morgan fingerprint density at radius 2 is 1.49 bits per heavy atom. The molecule has 2 amide bonds. The lowest BCUT2D eigenvalue weighted by molar-refractivity contribution is -0.140. The molecule has 0 bridgehead atoms. The number of amides is 2. The first kappa shape index (κ1) is 34.5.